The van der Waals surface area contributed by atoms with Crippen LogP contribution in [0.2, 0.25) is 0 Å². The van der Waals surface area contributed by atoms with Crippen LogP contribution in [-0.4, -0.2) is 31.8 Å². The number of methoxy groups -OCH3 is 1. The molecule has 0 aromatic heterocycles. The quantitative estimate of drug-likeness (QED) is 0.769. The van der Waals surface area contributed by atoms with Gasteiger partial charge in [-0.25, -0.2) is 4.79 Å². The van der Waals surface area contributed by atoms with Crippen molar-refractivity contribution < 1.29 is 19.1 Å². The maximum atomic E-state index is 12.3. The first-order valence-electron chi connectivity index (χ1n) is 7.75. The van der Waals surface area contributed by atoms with Crippen molar-refractivity contribution >= 4 is 12.0 Å². The zero-order chi connectivity index (χ0) is 17.2. The number of hydrogen-bond donors (Lipinski definition) is 2. The summed E-state index contributed by atoms with van der Waals surface area (Å²) in [7, 11) is 1.64. The van der Waals surface area contributed by atoms with Crippen LogP contribution < -0.4 is 10.6 Å². The van der Waals surface area contributed by atoms with E-state index in [9.17, 15) is 9.59 Å². The van der Waals surface area contributed by atoms with Crippen LogP contribution in [0.1, 0.15) is 31.9 Å². The van der Waals surface area contributed by atoms with Crippen LogP contribution in [0, 0.1) is 5.92 Å². The molecule has 0 aliphatic rings. The van der Waals surface area contributed by atoms with Crippen molar-refractivity contribution in [2.24, 2.45) is 5.92 Å². The molecule has 0 radical (unpaired) electrons. The van der Waals surface area contributed by atoms with Crippen LogP contribution in [0.3, 0.4) is 0 Å². The van der Waals surface area contributed by atoms with E-state index in [0.717, 1.165) is 11.1 Å². The molecule has 0 fully saturated rings. The Morgan fingerprint density at radius 2 is 1.91 bits per heavy atom. The molecular formula is C17H26N2O4. The van der Waals surface area contributed by atoms with E-state index >= 15 is 0 Å². The largest absolute Gasteiger partial charge is 0.450 e. The normalized spacial score (nSPS) is 11.9. The Balaban J connectivity index is 2.61. The molecule has 0 spiro atoms. The standard InChI is InChI=1S/C17H26N2O4/c1-5-23-17(21)19-15(12(2)3)16(20)18-10-13-7-6-8-14(9-13)11-22-4/h6-9,12,15H,5,10-11H2,1-4H3,(H,18,20)(H,19,21). The maximum Gasteiger partial charge on any atom is 0.407 e. The van der Waals surface area contributed by atoms with Gasteiger partial charge >= 0.3 is 6.09 Å². The van der Waals surface area contributed by atoms with Gasteiger partial charge in [0.15, 0.2) is 0 Å². The molecule has 1 unspecified atom stereocenters. The second kappa shape index (κ2) is 9.84. The molecule has 1 atom stereocenters. The van der Waals surface area contributed by atoms with Crippen molar-refractivity contribution in [3.8, 4) is 0 Å². The maximum absolute atomic E-state index is 12.3. The van der Waals surface area contributed by atoms with Gasteiger partial charge in [0.1, 0.15) is 6.04 Å². The number of nitrogens with one attached hydrogen (secondary N) is 2. The lowest BCUT2D eigenvalue weighted by molar-refractivity contribution is -0.124. The van der Waals surface area contributed by atoms with E-state index in [1.54, 1.807) is 14.0 Å². The molecule has 6 heteroatoms. The molecule has 2 amide bonds. The number of carbonyl (C=O) groups excluding carboxylic acids is 2. The molecule has 0 aliphatic carbocycles. The van der Waals surface area contributed by atoms with Gasteiger partial charge in [0.2, 0.25) is 5.91 Å². The van der Waals surface area contributed by atoms with Gasteiger partial charge in [-0.1, -0.05) is 38.1 Å². The van der Waals surface area contributed by atoms with Crippen LogP contribution in [0.25, 0.3) is 0 Å². The SMILES string of the molecule is CCOC(=O)NC(C(=O)NCc1cccc(COC)c1)C(C)C. The summed E-state index contributed by atoms with van der Waals surface area (Å²) in [5.41, 5.74) is 2.02. The van der Waals surface area contributed by atoms with Crippen molar-refractivity contribution in [2.75, 3.05) is 13.7 Å². The molecule has 0 saturated carbocycles. The molecule has 128 valence electrons. The Morgan fingerprint density at radius 3 is 2.52 bits per heavy atom. The van der Waals surface area contributed by atoms with Gasteiger partial charge in [0.05, 0.1) is 13.2 Å². The monoisotopic (exact) mass is 322 g/mol. The molecule has 0 heterocycles. The first kappa shape index (κ1) is 19.0. The van der Waals surface area contributed by atoms with Gasteiger partial charge in [-0.05, 0) is 24.0 Å². The van der Waals surface area contributed by atoms with E-state index in [-0.39, 0.29) is 18.4 Å². The van der Waals surface area contributed by atoms with Gasteiger partial charge in [-0.3, -0.25) is 4.79 Å². The van der Waals surface area contributed by atoms with E-state index in [1.165, 1.54) is 0 Å². The van der Waals surface area contributed by atoms with E-state index in [2.05, 4.69) is 10.6 Å². The Bertz CT molecular complexity index is 517. The summed E-state index contributed by atoms with van der Waals surface area (Å²) in [5.74, 6) is -0.274. The minimum atomic E-state index is -0.629. The Hall–Kier alpha value is -2.08. The number of amides is 2. The summed E-state index contributed by atoms with van der Waals surface area (Å²) in [6.45, 7) is 6.65. The first-order valence-corrected chi connectivity index (χ1v) is 7.75. The minimum absolute atomic E-state index is 0.0424. The highest BCUT2D eigenvalue weighted by Gasteiger charge is 2.24. The summed E-state index contributed by atoms with van der Waals surface area (Å²) in [5, 5.41) is 5.44. The molecule has 1 rings (SSSR count). The van der Waals surface area contributed by atoms with E-state index in [1.807, 2.05) is 38.1 Å². The summed E-state index contributed by atoms with van der Waals surface area (Å²) >= 11 is 0. The topological polar surface area (TPSA) is 76.7 Å². The van der Waals surface area contributed by atoms with Crippen molar-refractivity contribution in [1.29, 1.82) is 0 Å². The van der Waals surface area contributed by atoms with Crippen molar-refractivity contribution in [1.82, 2.24) is 10.6 Å². The summed E-state index contributed by atoms with van der Waals surface area (Å²) in [4.78, 5) is 23.8. The number of carbonyl (C=O) groups is 2. The molecule has 1 aromatic rings. The number of rotatable bonds is 8. The number of ether oxygens (including phenoxy) is 2. The zero-order valence-corrected chi connectivity index (χ0v) is 14.2. The third-order valence-electron chi connectivity index (χ3n) is 3.27. The number of alkyl carbamates (subject to hydrolysis) is 1. The molecule has 0 aliphatic heterocycles. The highest BCUT2D eigenvalue weighted by atomic mass is 16.5. The van der Waals surface area contributed by atoms with Crippen LogP contribution in [0.5, 0.6) is 0 Å². The molecule has 2 N–H and O–H groups in total. The number of benzene rings is 1. The average molecular weight is 322 g/mol. The Morgan fingerprint density at radius 1 is 1.22 bits per heavy atom. The number of hydrogen-bond acceptors (Lipinski definition) is 4. The van der Waals surface area contributed by atoms with Crippen molar-refractivity contribution in [2.45, 2.75) is 40.0 Å². The second-order valence-electron chi connectivity index (χ2n) is 5.56. The predicted octanol–water partition coefficient (Wildman–Crippen LogP) is 2.22. The van der Waals surface area contributed by atoms with Crippen LogP contribution in [0.15, 0.2) is 24.3 Å². The van der Waals surface area contributed by atoms with Crippen molar-refractivity contribution in [3.63, 3.8) is 0 Å². The molecule has 1 aromatic carbocycles. The van der Waals surface area contributed by atoms with E-state index in [0.29, 0.717) is 13.2 Å². The van der Waals surface area contributed by atoms with E-state index in [4.69, 9.17) is 9.47 Å². The fourth-order valence-electron chi connectivity index (χ4n) is 2.13. The average Bonchev–Trinajstić information content (AvgIpc) is 2.51. The molecule has 23 heavy (non-hydrogen) atoms. The lowest BCUT2D eigenvalue weighted by Gasteiger charge is -2.21. The third kappa shape index (κ3) is 6.69. The van der Waals surface area contributed by atoms with Crippen LogP contribution >= 0.6 is 0 Å². The fraction of sp³-hybridized carbons (Fsp3) is 0.529. The minimum Gasteiger partial charge on any atom is -0.450 e. The van der Waals surface area contributed by atoms with Gasteiger partial charge < -0.3 is 20.1 Å². The lowest BCUT2D eigenvalue weighted by Crippen LogP contribution is -2.49. The summed E-state index contributed by atoms with van der Waals surface area (Å²) in [6.07, 6.45) is -0.580. The Labute approximate surface area is 137 Å². The van der Waals surface area contributed by atoms with Gasteiger partial charge in [-0.2, -0.15) is 0 Å². The molecular weight excluding hydrogens is 296 g/mol. The second-order valence-corrected chi connectivity index (χ2v) is 5.56. The summed E-state index contributed by atoms with van der Waals surface area (Å²) in [6, 6.07) is 7.17. The lowest BCUT2D eigenvalue weighted by atomic mass is 10.0. The van der Waals surface area contributed by atoms with Gasteiger partial charge in [-0.15, -0.1) is 0 Å². The molecule has 6 nitrogen and oxygen atoms in total. The molecule has 0 saturated heterocycles. The third-order valence-corrected chi connectivity index (χ3v) is 3.27. The fourth-order valence-corrected chi connectivity index (χ4v) is 2.13. The first-order chi connectivity index (χ1) is 11.0. The van der Waals surface area contributed by atoms with Gasteiger partial charge in [0, 0.05) is 13.7 Å². The highest BCUT2D eigenvalue weighted by molar-refractivity contribution is 5.85. The van der Waals surface area contributed by atoms with Crippen LogP contribution in [-0.2, 0) is 27.4 Å². The predicted molar refractivity (Wildman–Crippen MR) is 87.8 cm³/mol. The van der Waals surface area contributed by atoms with Crippen LogP contribution in [0.4, 0.5) is 4.79 Å². The smallest absolute Gasteiger partial charge is 0.407 e. The molecule has 0 bridgehead atoms. The van der Waals surface area contributed by atoms with Crippen molar-refractivity contribution in [3.05, 3.63) is 35.4 Å². The highest BCUT2D eigenvalue weighted by Crippen LogP contribution is 2.07. The van der Waals surface area contributed by atoms with E-state index < -0.39 is 12.1 Å². The zero-order valence-electron chi connectivity index (χ0n) is 14.2. The van der Waals surface area contributed by atoms with Gasteiger partial charge in [0.25, 0.3) is 0 Å². The Kier molecular flexibility index (Phi) is 8.11. The summed E-state index contributed by atoms with van der Waals surface area (Å²) < 4.78 is 9.93.